The lowest BCUT2D eigenvalue weighted by molar-refractivity contribution is -0.133. The van der Waals surface area contributed by atoms with Crippen molar-refractivity contribution < 1.29 is 14.3 Å². The number of rotatable bonds is 7. The van der Waals surface area contributed by atoms with Crippen LogP contribution >= 0.6 is 11.3 Å². The van der Waals surface area contributed by atoms with Crippen LogP contribution in [0.15, 0.2) is 35.7 Å². The summed E-state index contributed by atoms with van der Waals surface area (Å²) in [6.07, 6.45) is 0. The fourth-order valence-corrected chi connectivity index (χ4v) is 2.77. The van der Waals surface area contributed by atoms with Crippen LogP contribution in [-0.4, -0.2) is 31.1 Å². The first-order chi connectivity index (χ1) is 11.2. The molecule has 5 nitrogen and oxygen atoms in total. The fraction of sp³-hybridized carbons (Fsp3) is 0.294. The summed E-state index contributed by atoms with van der Waals surface area (Å²) >= 11 is 1.62. The maximum atomic E-state index is 12.3. The third kappa shape index (κ3) is 4.47. The van der Waals surface area contributed by atoms with E-state index in [1.165, 1.54) is 7.11 Å². The van der Waals surface area contributed by atoms with Crippen LogP contribution in [0.25, 0.3) is 0 Å². The first-order valence-electron chi connectivity index (χ1n) is 7.19. The molecule has 2 rings (SSSR count). The molecule has 0 aliphatic rings. The summed E-state index contributed by atoms with van der Waals surface area (Å²) in [4.78, 5) is 15.2. The van der Waals surface area contributed by atoms with Crippen molar-refractivity contribution in [1.29, 1.82) is 5.26 Å². The Hall–Kier alpha value is -2.52. The Morgan fingerprint density at radius 3 is 2.78 bits per heavy atom. The molecule has 0 unspecified atom stereocenters. The Labute approximate surface area is 139 Å². The van der Waals surface area contributed by atoms with Gasteiger partial charge in [-0.05, 0) is 30.5 Å². The monoisotopic (exact) mass is 330 g/mol. The molecule has 0 spiro atoms. The zero-order valence-corrected chi connectivity index (χ0v) is 13.9. The van der Waals surface area contributed by atoms with Crippen molar-refractivity contribution in [2.45, 2.75) is 13.5 Å². The Morgan fingerprint density at radius 2 is 2.17 bits per heavy atom. The molecule has 1 aromatic carbocycles. The zero-order chi connectivity index (χ0) is 16.7. The third-order valence-corrected chi connectivity index (χ3v) is 4.17. The average molecular weight is 330 g/mol. The molecule has 23 heavy (non-hydrogen) atoms. The van der Waals surface area contributed by atoms with Gasteiger partial charge < -0.3 is 14.4 Å². The van der Waals surface area contributed by atoms with Crippen LogP contribution in [0.1, 0.15) is 17.4 Å². The highest BCUT2D eigenvalue weighted by molar-refractivity contribution is 7.09. The van der Waals surface area contributed by atoms with Crippen LogP contribution in [0, 0.1) is 11.3 Å². The van der Waals surface area contributed by atoms with Crippen LogP contribution in [0.2, 0.25) is 0 Å². The van der Waals surface area contributed by atoms with Crippen LogP contribution in [0.5, 0.6) is 11.5 Å². The van der Waals surface area contributed by atoms with Gasteiger partial charge in [-0.2, -0.15) is 5.26 Å². The number of carbonyl (C=O) groups is 1. The van der Waals surface area contributed by atoms with Crippen molar-refractivity contribution in [3.63, 3.8) is 0 Å². The van der Waals surface area contributed by atoms with Crippen LogP contribution in [0.4, 0.5) is 0 Å². The molecule has 1 aromatic heterocycles. The second-order valence-corrected chi connectivity index (χ2v) is 5.79. The SMILES string of the molecule is CCN(Cc1cccs1)C(=O)COc1ccc(C#N)cc1OC. The minimum atomic E-state index is -0.0905. The molecule has 0 bridgehead atoms. The summed E-state index contributed by atoms with van der Waals surface area (Å²) in [7, 11) is 1.50. The van der Waals surface area contributed by atoms with Gasteiger partial charge in [0.15, 0.2) is 18.1 Å². The highest BCUT2D eigenvalue weighted by Gasteiger charge is 2.15. The molecular weight excluding hydrogens is 312 g/mol. The lowest BCUT2D eigenvalue weighted by Crippen LogP contribution is -2.34. The summed E-state index contributed by atoms with van der Waals surface area (Å²) in [5.41, 5.74) is 0.480. The van der Waals surface area contributed by atoms with Crippen molar-refractivity contribution in [1.82, 2.24) is 4.90 Å². The quantitative estimate of drug-likeness (QED) is 0.783. The molecule has 0 atom stereocenters. The minimum absolute atomic E-state index is 0.0680. The van der Waals surface area contributed by atoms with Gasteiger partial charge in [-0.3, -0.25) is 4.79 Å². The number of thiophene rings is 1. The molecule has 1 heterocycles. The van der Waals surface area contributed by atoms with E-state index < -0.39 is 0 Å². The van der Waals surface area contributed by atoms with Crippen molar-refractivity contribution in [2.24, 2.45) is 0 Å². The lowest BCUT2D eigenvalue weighted by atomic mass is 10.2. The molecule has 6 heteroatoms. The number of hydrogen-bond acceptors (Lipinski definition) is 5. The van der Waals surface area contributed by atoms with Gasteiger partial charge in [0.25, 0.3) is 5.91 Å². The summed E-state index contributed by atoms with van der Waals surface area (Å²) in [6, 6.07) is 10.9. The number of hydrogen-bond donors (Lipinski definition) is 0. The summed E-state index contributed by atoms with van der Waals surface area (Å²) < 4.78 is 10.8. The first kappa shape index (κ1) is 16.8. The molecule has 0 radical (unpaired) electrons. The first-order valence-corrected chi connectivity index (χ1v) is 8.07. The van der Waals surface area contributed by atoms with Crippen molar-refractivity contribution >= 4 is 17.2 Å². The standard InChI is InChI=1S/C17H18N2O3S/c1-3-19(11-14-5-4-8-23-14)17(20)12-22-15-7-6-13(10-18)9-16(15)21-2/h4-9H,3,11-12H2,1-2H3. The Kier molecular flexibility index (Phi) is 6.01. The van der Waals surface area contributed by atoms with E-state index in [4.69, 9.17) is 14.7 Å². The highest BCUT2D eigenvalue weighted by atomic mass is 32.1. The van der Waals surface area contributed by atoms with Gasteiger partial charge in [0.1, 0.15) is 0 Å². The maximum absolute atomic E-state index is 12.3. The number of nitriles is 1. The normalized spacial score (nSPS) is 9.96. The highest BCUT2D eigenvalue weighted by Crippen LogP contribution is 2.27. The molecule has 0 aliphatic carbocycles. The minimum Gasteiger partial charge on any atom is -0.493 e. The Bertz CT molecular complexity index is 692. The Balaban J connectivity index is 1.99. The van der Waals surface area contributed by atoms with E-state index in [9.17, 15) is 4.79 Å². The molecule has 0 saturated carbocycles. The average Bonchev–Trinajstić information content (AvgIpc) is 3.10. The van der Waals surface area contributed by atoms with Crippen molar-refractivity contribution in [3.05, 3.63) is 46.2 Å². The number of benzene rings is 1. The van der Waals surface area contributed by atoms with E-state index in [0.717, 1.165) is 4.88 Å². The lowest BCUT2D eigenvalue weighted by Gasteiger charge is -2.20. The number of carbonyl (C=O) groups excluding carboxylic acids is 1. The van der Waals surface area contributed by atoms with Gasteiger partial charge >= 0.3 is 0 Å². The molecule has 1 amide bonds. The van der Waals surface area contributed by atoms with Gasteiger partial charge in [0, 0.05) is 17.5 Å². The van der Waals surface area contributed by atoms with E-state index in [-0.39, 0.29) is 12.5 Å². The number of ether oxygens (including phenoxy) is 2. The van der Waals surface area contributed by atoms with E-state index in [1.54, 1.807) is 34.4 Å². The number of methoxy groups -OCH3 is 1. The molecule has 2 aromatic rings. The van der Waals surface area contributed by atoms with E-state index in [1.807, 2.05) is 30.5 Å². The molecule has 0 aliphatic heterocycles. The van der Waals surface area contributed by atoms with Gasteiger partial charge in [-0.15, -0.1) is 11.3 Å². The number of amides is 1. The molecule has 0 saturated heterocycles. The van der Waals surface area contributed by atoms with Gasteiger partial charge in [0.2, 0.25) is 0 Å². The molecule has 0 N–H and O–H groups in total. The predicted molar refractivity (Wildman–Crippen MR) is 88.6 cm³/mol. The molecule has 120 valence electrons. The molecular formula is C17H18N2O3S. The van der Waals surface area contributed by atoms with E-state index in [0.29, 0.717) is 30.2 Å². The third-order valence-electron chi connectivity index (χ3n) is 3.31. The van der Waals surface area contributed by atoms with E-state index >= 15 is 0 Å². The van der Waals surface area contributed by atoms with Gasteiger partial charge in [-0.25, -0.2) is 0 Å². The smallest absolute Gasteiger partial charge is 0.260 e. The second-order valence-electron chi connectivity index (χ2n) is 4.75. The molecule has 0 fully saturated rings. The maximum Gasteiger partial charge on any atom is 0.260 e. The number of likely N-dealkylation sites (N-methyl/N-ethyl adjacent to an activating group) is 1. The second kappa shape index (κ2) is 8.20. The van der Waals surface area contributed by atoms with E-state index in [2.05, 4.69) is 0 Å². The Morgan fingerprint density at radius 1 is 1.35 bits per heavy atom. The summed E-state index contributed by atoms with van der Waals surface area (Å²) in [6.45, 7) is 3.07. The van der Waals surface area contributed by atoms with Gasteiger partial charge in [-0.1, -0.05) is 6.07 Å². The van der Waals surface area contributed by atoms with Crippen molar-refractivity contribution in [3.8, 4) is 17.6 Å². The largest absolute Gasteiger partial charge is 0.493 e. The summed E-state index contributed by atoms with van der Waals surface area (Å²) in [5, 5.41) is 10.9. The van der Waals surface area contributed by atoms with Crippen LogP contribution in [0.3, 0.4) is 0 Å². The fourth-order valence-electron chi connectivity index (χ4n) is 2.05. The summed E-state index contributed by atoms with van der Waals surface area (Å²) in [5.74, 6) is 0.803. The van der Waals surface area contributed by atoms with Crippen LogP contribution in [-0.2, 0) is 11.3 Å². The van der Waals surface area contributed by atoms with Gasteiger partial charge in [0.05, 0.1) is 25.3 Å². The topological polar surface area (TPSA) is 62.6 Å². The number of nitrogens with zero attached hydrogens (tertiary/aromatic N) is 2. The zero-order valence-electron chi connectivity index (χ0n) is 13.1. The van der Waals surface area contributed by atoms with Crippen molar-refractivity contribution in [2.75, 3.05) is 20.3 Å². The predicted octanol–water partition coefficient (Wildman–Crippen LogP) is 3.06. The van der Waals surface area contributed by atoms with Crippen LogP contribution < -0.4 is 9.47 Å².